The number of phenols is 1. The van der Waals surface area contributed by atoms with Crippen molar-refractivity contribution in [3.05, 3.63) is 46.4 Å². The quantitative estimate of drug-likeness (QED) is 0.527. The summed E-state index contributed by atoms with van der Waals surface area (Å²) in [4.78, 5) is 4.43. The number of hydrogen-bond donors (Lipinski definition) is 2. The zero-order valence-corrected chi connectivity index (χ0v) is 14.0. The third kappa shape index (κ3) is 3.05. The van der Waals surface area contributed by atoms with Crippen LogP contribution in [0, 0.1) is 0 Å². The van der Waals surface area contributed by atoms with Gasteiger partial charge in [-0.1, -0.05) is 23.5 Å². The van der Waals surface area contributed by atoms with Crippen LogP contribution in [0.1, 0.15) is 5.56 Å². The van der Waals surface area contributed by atoms with E-state index in [2.05, 4.69) is 31.4 Å². The van der Waals surface area contributed by atoms with Gasteiger partial charge in [-0.3, -0.25) is 5.43 Å². The van der Waals surface area contributed by atoms with E-state index >= 15 is 0 Å². The van der Waals surface area contributed by atoms with Crippen molar-refractivity contribution in [1.82, 2.24) is 4.98 Å². The molecule has 0 aliphatic heterocycles. The van der Waals surface area contributed by atoms with Gasteiger partial charge < -0.3 is 9.84 Å². The van der Waals surface area contributed by atoms with Crippen LogP contribution in [0.3, 0.4) is 0 Å². The Kier molecular flexibility index (Phi) is 4.26. The maximum Gasteiger partial charge on any atom is 0.204 e. The molecule has 0 aliphatic carbocycles. The number of nitrogens with one attached hydrogen (secondary N) is 1. The number of anilines is 1. The highest BCUT2D eigenvalue weighted by Gasteiger charge is 2.07. The van der Waals surface area contributed by atoms with Crippen LogP contribution in [0.2, 0.25) is 0 Å². The molecule has 0 radical (unpaired) electrons. The zero-order chi connectivity index (χ0) is 15.5. The summed E-state index contributed by atoms with van der Waals surface area (Å²) in [5.74, 6) is 0.453. The second-order valence-corrected chi connectivity index (χ2v) is 6.30. The number of benzene rings is 2. The summed E-state index contributed by atoms with van der Waals surface area (Å²) in [7, 11) is 1.50. The summed E-state index contributed by atoms with van der Waals surface area (Å²) in [6, 6.07) is 11.4. The van der Waals surface area contributed by atoms with Crippen LogP contribution >= 0.6 is 27.3 Å². The average molecular weight is 378 g/mol. The van der Waals surface area contributed by atoms with Gasteiger partial charge in [-0.25, -0.2) is 4.98 Å². The Labute approximate surface area is 139 Å². The Bertz CT molecular complexity index is 815. The highest BCUT2D eigenvalue weighted by Crippen LogP contribution is 2.34. The van der Waals surface area contributed by atoms with Gasteiger partial charge in [0.05, 0.1) is 28.0 Å². The van der Waals surface area contributed by atoms with Crippen LogP contribution in [-0.2, 0) is 0 Å². The van der Waals surface area contributed by atoms with E-state index in [0.717, 1.165) is 20.9 Å². The van der Waals surface area contributed by atoms with Crippen LogP contribution < -0.4 is 10.2 Å². The van der Waals surface area contributed by atoms with Gasteiger partial charge in [0.1, 0.15) is 0 Å². The first-order valence-electron chi connectivity index (χ1n) is 6.38. The standard InChI is InChI=1S/C15H12BrN3O2S/c1-21-12-7-9(6-10(16)14(12)20)8-17-19-15-18-11-4-2-3-5-13(11)22-15/h2-8,20H,1H3,(H,18,19)/b17-8-. The number of phenolic OH excluding ortho intramolecular Hbond substituents is 1. The fourth-order valence-electron chi connectivity index (χ4n) is 1.91. The molecular weight excluding hydrogens is 366 g/mol. The monoisotopic (exact) mass is 377 g/mol. The summed E-state index contributed by atoms with van der Waals surface area (Å²) < 4.78 is 6.75. The molecule has 5 nitrogen and oxygen atoms in total. The molecule has 2 aromatic carbocycles. The Hall–Kier alpha value is -2.12. The first-order chi connectivity index (χ1) is 10.7. The fourth-order valence-corrected chi connectivity index (χ4v) is 3.18. The maximum atomic E-state index is 9.77. The smallest absolute Gasteiger partial charge is 0.204 e. The number of methoxy groups -OCH3 is 1. The number of rotatable bonds is 4. The van der Waals surface area contributed by atoms with Crippen molar-refractivity contribution < 1.29 is 9.84 Å². The molecule has 0 aliphatic rings. The van der Waals surface area contributed by atoms with E-state index in [1.165, 1.54) is 18.4 Å². The van der Waals surface area contributed by atoms with Crippen LogP contribution in [-0.4, -0.2) is 23.4 Å². The van der Waals surface area contributed by atoms with Crippen molar-refractivity contribution >= 4 is 48.8 Å². The van der Waals surface area contributed by atoms with Crippen molar-refractivity contribution in [2.24, 2.45) is 5.10 Å². The van der Waals surface area contributed by atoms with Gasteiger partial charge in [-0.05, 0) is 45.8 Å². The van der Waals surface area contributed by atoms with Gasteiger partial charge in [0.25, 0.3) is 0 Å². The minimum atomic E-state index is 0.0683. The Balaban J connectivity index is 1.78. The number of ether oxygens (including phenoxy) is 1. The second kappa shape index (κ2) is 6.33. The van der Waals surface area contributed by atoms with Gasteiger partial charge in [-0.15, -0.1) is 0 Å². The summed E-state index contributed by atoms with van der Waals surface area (Å²) in [6.45, 7) is 0. The van der Waals surface area contributed by atoms with E-state index in [-0.39, 0.29) is 5.75 Å². The van der Waals surface area contributed by atoms with Crippen molar-refractivity contribution in [2.45, 2.75) is 0 Å². The van der Waals surface area contributed by atoms with Gasteiger partial charge in [0.15, 0.2) is 11.5 Å². The molecule has 3 aromatic rings. The molecule has 0 amide bonds. The molecule has 7 heteroatoms. The van der Waals surface area contributed by atoms with Gasteiger partial charge >= 0.3 is 0 Å². The summed E-state index contributed by atoms with van der Waals surface area (Å²) in [5.41, 5.74) is 4.64. The van der Waals surface area contributed by atoms with E-state index in [4.69, 9.17) is 4.74 Å². The van der Waals surface area contributed by atoms with Crippen LogP contribution in [0.15, 0.2) is 46.0 Å². The number of fused-ring (bicyclic) bond motifs is 1. The Morgan fingerprint density at radius 3 is 2.95 bits per heavy atom. The highest BCUT2D eigenvalue weighted by atomic mass is 79.9. The van der Waals surface area contributed by atoms with Crippen LogP contribution in [0.5, 0.6) is 11.5 Å². The van der Waals surface area contributed by atoms with Crippen LogP contribution in [0.25, 0.3) is 10.2 Å². The zero-order valence-electron chi connectivity index (χ0n) is 11.6. The molecule has 0 atom stereocenters. The molecular formula is C15H12BrN3O2S. The molecule has 0 bridgehead atoms. The molecule has 0 unspecified atom stereocenters. The van der Waals surface area contributed by atoms with E-state index in [1.807, 2.05) is 24.3 Å². The number of aromatic hydroxyl groups is 1. The number of hydrogen-bond acceptors (Lipinski definition) is 6. The lowest BCUT2D eigenvalue weighted by Gasteiger charge is -2.06. The number of aromatic nitrogens is 1. The van der Waals surface area contributed by atoms with Crippen molar-refractivity contribution in [3.8, 4) is 11.5 Å². The predicted molar refractivity (Wildman–Crippen MR) is 93.2 cm³/mol. The lowest BCUT2D eigenvalue weighted by Crippen LogP contribution is -1.92. The molecule has 0 saturated heterocycles. The topological polar surface area (TPSA) is 66.7 Å². The van der Waals surface area contributed by atoms with Crippen molar-refractivity contribution in [1.29, 1.82) is 0 Å². The molecule has 1 heterocycles. The SMILES string of the molecule is COc1cc(/C=N\Nc2nc3ccccc3s2)cc(Br)c1O. The first kappa shape index (κ1) is 14.8. The highest BCUT2D eigenvalue weighted by molar-refractivity contribution is 9.10. The summed E-state index contributed by atoms with van der Waals surface area (Å²) in [6.07, 6.45) is 1.64. The molecule has 0 fully saturated rings. The summed E-state index contributed by atoms with van der Waals surface area (Å²) >= 11 is 4.81. The van der Waals surface area contributed by atoms with Gasteiger partial charge in [0.2, 0.25) is 5.13 Å². The molecule has 2 N–H and O–H groups in total. The molecule has 0 spiro atoms. The molecule has 0 saturated carbocycles. The van der Waals surface area contributed by atoms with E-state index in [9.17, 15) is 5.11 Å². The van der Waals surface area contributed by atoms with Crippen molar-refractivity contribution in [2.75, 3.05) is 12.5 Å². The average Bonchev–Trinajstić information content (AvgIpc) is 2.93. The normalized spacial score (nSPS) is 11.2. The summed E-state index contributed by atoms with van der Waals surface area (Å²) in [5, 5.41) is 14.7. The minimum absolute atomic E-state index is 0.0683. The number of halogens is 1. The van der Waals surface area contributed by atoms with Crippen molar-refractivity contribution in [3.63, 3.8) is 0 Å². The Morgan fingerprint density at radius 2 is 2.18 bits per heavy atom. The third-order valence-electron chi connectivity index (χ3n) is 2.94. The molecule has 22 heavy (non-hydrogen) atoms. The maximum absolute atomic E-state index is 9.77. The van der Waals surface area contributed by atoms with Gasteiger partial charge in [0, 0.05) is 0 Å². The van der Waals surface area contributed by atoms with E-state index in [0.29, 0.717) is 10.2 Å². The second-order valence-electron chi connectivity index (χ2n) is 4.41. The lowest BCUT2D eigenvalue weighted by molar-refractivity contribution is 0.372. The Morgan fingerprint density at radius 1 is 1.36 bits per heavy atom. The minimum Gasteiger partial charge on any atom is -0.503 e. The van der Waals surface area contributed by atoms with E-state index in [1.54, 1.807) is 18.3 Å². The van der Waals surface area contributed by atoms with E-state index < -0.39 is 0 Å². The number of para-hydroxylation sites is 1. The number of thiazole rings is 1. The predicted octanol–water partition coefficient (Wildman–Crippen LogP) is 4.22. The molecule has 112 valence electrons. The van der Waals surface area contributed by atoms with Crippen LogP contribution in [0.4, 0.5) is 5.13 Å². The fraction of sp³-hybridized carbons (Fsp3) is 0.0667. The van der Waals surface area contributed by atoms with Gasteiger partial charge in [-0.2, -0.15) is 5.10 Å². The molecule has 3 rings (SSSR count). The third-order valence-corrected chi connectivity index (χ3v) is 4.48. The lowest BCUT2D eigenvalue weighted by atomic mass is 10.2. The number of hydrazone groups is 1. The molecule has 1 aromatic heterocycles. The number of nitrogens with zero attached hydrogens (tertiary/aromatic N) is 2. The first-order valence-corrected chi connectivity index (χ1v) is 7.99. The largest absolute Gasteiger partial charge is 0.503 e.